The Kier molecular flexibility index (Phi) is 4.04. The van der Waals surface area contributed by atoms with E-state index < -0.39 is 11.4 Å². The SMILES string of the molecule is Cn1nnc2cc(CNCCC(C)(C)C(=O)O)ccc21. The molecule has 0 fully saturated rings. The highest BCUT2D eigenvalue weighted by atomic mass is 16.4. The van der Waals surface area contributed by atoms with Gasteiger partial charge in [0.15, 0.2) is 0 Å². The van der Waals surface area contributed by atoms with Crippen molar-refractivity contribution < 1.29 is 9.90 Å². The first-order valence-corrected chi connectivity index (χ1v) is 6.62. The van der Waals surface area contributed by atoms with E-state index in [4.69, 9.17) is 5.11 Å². The first kappa shape index (κ1) is 14.5. The minimum Gasteiger partial charge on any atom is -0.481 e. The van der Waals surface area contributed by atoms with Crippen LogP contribution in [0.25, 0.3) is 11.0 Å². The molecule has 0 aliphatic carbocycles. The summed E-state index contributed by atoms with van der Waals surface area (Å²) >= 11 is 0. The average Bonchev–Trinajstić information content (AvgIpc) is 2.76. The maximum Gasteiger partial charge on any atom is 0.309 e. The first-order chi connectivity index (χ1) is 9.40. The van der Waals surface area contributed by atoms with Gasteiger partial charge in [0.25, 0.3) is 0 Å². The van der Waals surface area contributed by atoms with Crippen LogP contribution in [0, 0.1) is 5.41 Å². The van der Waals surface area contributed by atoms with Gasteiger partial charge in [-0.15, -0.1) is 5.10 Å². The van der Waals surface area contributed by atoms with E-state index in [2.05, 4.69) is 15.6 Å². The van der Waals surface area contributed by atoms with Gasteiger partial charge in [-0.25, -0.2) is 4.68 Å². The topological polar surface area (TPSA) is 80.0 Å². The van der Waals surface area contributed by atoms with Crippen LogP contribution in [0.15, 0.2) is 18.2 Å². The first-order valence-electron chi connectivity index (χ1n) is 6.62. The van der Waals surface area contributed by atoms with Gasteiger partial charge >= 0.3 is 5.97 Å². The van der Waals surface area contributed by atoms with Gasteiger partial charge in [-0.2, -0.15) is 0 Å². The Morgan fingerprint density at radius 2 is 2.20 bits per heavy atom. The fourth-order valence-corrected chi connectivity index (χ4v) is 1.94. The zero-order valence-corrected chi connectivity index (χ0v) is 12.1. The number of aliphatic carboxylic acids is 1. The smallest absolute Gasteiger partial charge is 0.309 e. The van der Waals surface area contributed by atoms with Gasteiger partial charge in [0.2, 0.25) is 0 Å². The molecule has 6 nitrogen and oxygen atoms in total. The van der Waals surface area contributed by atoms with Crippen molar-refractivity contribution in [1.82, 2.24) is 20.3 Å². The summed E-state index contributed by atoms with van der Waals surface area (Å²) in [5, 5.41) is 20.3. The molecule has 0 amide bonds. The van der Waals surface area contributed by atoms with Crippen molar-refractivity contribution in [2.24, 2.45) is 12.5 Å². The number of benzene rings is 1. The van der Waals surface area contributed by atoms with Crippen molar-refractivity contribution in [3.8, 4) is 0 Å². The summed E-state index contributed by atoms with van der Waals surface area (Å²) in [6.07, 6.45) is 0.593. The highest BCUT2D eigenvalue weighted by Gasteiger charge is 2.25. The number of carbonyl (C=O) groups is 1. The molecule has 0 aliphatic rings. The Balaban J connectivity index is 1.88. The molecule has 1 aromatic carbocycles. The molecule has 0 spiro atoms. The normalized spacial score (nSPS) is 11.9. The lowest BCUT2D eigenvalue weighted by Crippen LogP contribution is -2.28. The van der Waals surface area contributed by atoms with Crippen LogP contribution in [0.3, 0.4) is 0 Å². The van der Waals surface area contributed by atoms with Gasteiger partial charge < -0.3 is 10.4 Å². The van der Waals surface area contributed by atoms with Crippen LogP contribution in [0.1, 0.15) is 25.8 Å². The van der Waals surface area contributed by atoms with Gasteiger partial charge in [-0.3, -0.25) is 4.79 Å². The highest BCUT2D eigenvalue weighted by molar-refractivity contribution is 5.75. The van der Waals surface area contributed by atoms with E-state index in [1.54, 1.807) is 18.5 Å². The summed E-state index contributed by atoms with van der Waals surface area (Å²) in [6, 6.07) is 6.02. The number of aromatic nitrogens is 3. The van der Waals surface area contributed by atoms with Crippen LogP contribution < -0.4 is 5.32 Å². The number of hydrogen-bond acceptors (Lipinski definition) is 4. The van der Waals surface area contributed by atoms with Gasteiger partial charge in [0, 0.05) is 13.6 Å². The Labute approximate surface area is 117 Å². The van der Waals surface area contributed by atoms with Crippen molar-refractivity contribution in [2.75, 3.05) is 6.54 Å². The summed E-state index contributed by atoms with van der Waals surface area (Å²) in [5.41, 5.74) is 2.30. The maximum absolute atomic E-state index is 11.0. The molecule has 0 bridgehead atoms. The molecule has 0 saturated heterocycles. The quantitative estimate of drug-likeness (QED) is 0.783. The molecule has 0 unspecified atom stereocenters. The molecule has 2 aromatic rings. The lowest BCUT2D eigenvalue weighted by molar-refractivity contribution is -0.147. The van der Waals surface area contributed by atoms with Crippen molar-refractivity contribution in [3.05, 3.63) is 23.8 Å². The van der Waals surface area contributed by atoms with Crippen molar-refractivity contribution in [1.29, 1.82) is 0 Å². The van der Waals surface area contributed by atoms with E-state index in [-0.39, 0.29) is 0 Å². The third kappa shape index (κ3) is 3.14. The fourth-order valence-electron chi connectivity index (χ4n) is 1.94. The van der Waals surface area contributed by atoms with Crippen LogP contribution in [0.4, 0.5) is 0 Å². The molecule has 108 valence electrons. The highest BCUT2D eigenvalue weighted by Crippen LogP contribution is 2.19. The van der Waals surface area contributed by atoms with Crippen molar-refractivity contribution in [3.63, 3.8) is 0 Å². The molecule has 0 atom stereocenters. The van der Waals surface area contributed by atoms with Gasteiger partial charge in [0.1, 0.15) is 5.52 Å². The zero-order chi connectivity index (χ0) is 14.8. The second-order valence-electron chi connectivity index (χ2n) is 5.65. The number of nitrogens with zero attached hydrogens (tertiary/aromatic N) is 3. The van der Waals surface area contributed by atoms with Crippen molar-refractivity contribution in [2.45, 2.75) is 26.8 Å². The molecule has 6 heteroatoms. The van der Waals surface area contributed by atoms with Crippen LogP contribution >= 0.6 is 0 Å². The Morgan fingerprint density at radius 3 is 2.90 bits per heavy atom. The Morgan fingerprint density at radius 1 is 1.45 bits per heavy atom. The third-order valence-electron chi connectivity index (χ3n) is 3.51. The summed E-state index contributed by atoms with van der Waals surface area (Å²) in [6.45, 7) is 4.84. The molecule has 1 aromatic heterocycles. The van der Waals surface area contributed by atoms with E-state index in [9.17, 15) is 4.79 Å². The van der Waals surface area contributed by atoms with E-state index in [0.29, 0.717) is 19.5 Å². The van der Waals surface area contributed by atoms with Crippen LogP contribution in [0.5, 0.6) is 0 Å². The summed E-state index contributed by atoms with van der Waals surface area (Å²) < 4.78 is 1.74. The number of aryl methyl sites for hydroxylation is 1. The van der Waals surface area contributed by atoms with Crippen LogP contribution in [-0.4, -0.2) is 32.6 Å². The lowest BCUT2D eigenvalue weighted by atomic mass is 9.90. The molecule has 20 heavy (non-hydrogen) atoms. The molecule has 2 N–H and O–H groups in total. The summed E-state index contributed by atoms with van der Waals surface area (Å²) in [5.74, 6) is -0.764. The standard InChI is InChI=1S/C14H20N4O2/c1-14(2,13(19)20)6-7-15-9-10-4-5-12-11(8-10)16-17-18(12)3/h4-5,8,15H,6-7,9H2,1-3H3,(H,19,20). The van der Waals surface area contributed by atoms with Gasteiger partial charge in [0.05, 0.1) is 10.9 Å². The third-order valence-corrected chi connectivity index (χ3v) is 3.51. The molecule has 0 saturated carbocycles. The zero-order valence-electron chi connectivity index (χ0n) is 12.1. The van der Waals surface area contributed by atoms with E-state index >= 15 is 0 Å². The number of carboxylic acids is 1. The second-order valence-corrected chi connectivity index (χ2v) is 5.65. The monoisotopic (exact) mass is 276 g/mol. The van der Waals surface area contributed by atoms with Gasteiger partial charge in [-0.1, -0.05) is 11.3 Å². The number of carboxylic acid groups (broad SMARTS) is 1. The number of hydrogen-bond donors (Lipinski definition) is 2. The molecular formula is C14H20N4O2. The minimum absolute atomic E-state index is 0.593. The molecule has 1 heterocycles. The minimum atomic E-state index is -0.764. The van der Waals surface area contributed by atoms with Gasteiger partial charge in [-0.05, 0) is 44.5 Å². The molecule has 0 aliphatic heterocycles. The van der Waals surface area contributed by atoms with Crippen molar-refractivity contribution >= 4 is 17.0 Å². The lowest BCUT2D eigenvalue weighted by Gasteiger charge is -2.18. The average molecular weight is 276 g/mol. The van der Waals surface area contributed by atoms with Crippen LogP contribution in [-0.2, 0) is 18.4 Å². The molecule has 0 radical (unpaired) electrons. The largest absolute Gasteiger partial charge is 0.481 e. The maximum atomic E-state index is 11.0. The van der Waals surface area contributed by atoms with E-state index in [0.717, 1.165) is 16.6 Å². The Bertz CT molecular complexity index is 619. The number of fused-ring (bicyclic) bond motifs is 1. The number of nitrogens with one attached hydrogen (secondary N) is 1. The fraction of sp³-hybridized carbons (Fsp3) is 0.500. The molecule has 2 rings (SSSR count). The Hall–Kier alpha value is -1.95. The summed E-state index contributed by atoms with van der Waals surface area (Å²) in [7, 11) is 1.86. The predicted molar refractivity (Wildman–Crippen MR) is 76.2 cm³/mol. The van der Waals surface area contributed by atoms with E-state index in [1.807, 2.05) is 25.2 Å². The summed E-state index contributed by atoms with van der Waals surface area (Å²) in [4.78, 5) is 11.0. The number of rotatable bonds is 6. The van der Waals surface area contributed by atoms with E-state index in [1.165, 1.54) is 0 Å². The predicted octanol–water partition coefficient (Wildman–Crippen LogP) is 1.56. The second kappa shape index (κ2) is 5.58. The molecular weight excluding hydrogens is 256 g/mol. The van der Waals surface area contributed by atoms with Crippen LogP contribution in [0.2, 0.25) is 0 Å².